The number of thiocarbonyl (C=S) groups is 1. The Hall–Kier alpha value is -0.570. The zero-order chi connectivity index (χ0) is 11.0. The molecule has 5 N–H and O–H groups in total. The van der Waals surface area contributed by atoms with Crippen LogP contribution in [0.25, 0.3) is 0 Å². The molecule has 1 rings (SSSR count). The van der Waals surface area contributed by atoms with Crippen LogP contribution in [-0.2, 0) is 4.84 Å². The van der Waals surface area contributed by atoms with Crippen molar-refractivity contribution in [2.45, 2.75) is 0 Å². The van der Waals surface area contributed by atoms with E-state index in [0.717, 1.165) is 26.2 Å². The van der Waals surface area contributed by atoms with Crippen LogP contribution in [0.5, 0.6) is 0 Å². The van der Waals surface area contributed by atoms with Gasteiger partial charge in [0.2, 0.25) is 0 Å². The van der Waals surface area contributed by atoms with Gasteiger partial charge in [0, 0.05) is 26.2 Å². The third kappa shape index (κ3) is 9.52. The average molecular weight is 238 g/mol. The number of thiol groups is 1. The lowest BCUT2D eigenvalue weighted by Gasteiger charge is -2.25. The summed E-state index contributed by atoms with van der Waals surface area (Å²) in [6.45, 7) is 3.56. The molecule has 0 aromatic heterocycles. The highest BCUT2D eigenvalue weighted by molar-refractivity contribution is 7.96. The Morgan fingerprint density at radius 3 is 2.21 bits per heavy atom. The average Bonchev–Trinajstić information content (AvgIpc) is 2.03. The lowest BCUT2D eigenvalue weighted by atomic mass is 10.4. The van der Waals surface area contributed by atoms with Crippen LogP contribution >= 0.6 is 24.8 Å². The van der Waals surface area contributed by atoms with Gasteiger partial charge in [0.05, 0.1) is 0 Å². The fraction of sp³-hybridized carbons (Fsp3) is 0.667. The Kier molecular flexibility index (Phi) is 7.48. The number of amides is 1. The summed E-state index contributed by atoms with van der Waals surface area (Å²) < 4.78 is 0. The molecule has 0 bridgehead atoms. The second-order valence-electron chi connectivity index (χ2n) is 2.43. The summed E-state index contributed by atoms with van der Waals surface area (Å²) in [7, 11) is 0. The van der Waals surface area contributed by atoms with Crippen molar-refractivity contribution in [1.82, 2.24) is 10.4 Å². The molecule has 8 heteroatoms. The number of hydrogen-bond acceptors (Lipinski definition) is 5. The monoisotopic (exact) mass is 238 g/mol. The standard InChI is InChI=1S/C5H11N3OS.CH3NOS/c6-5(10)9-8-3-1-7-2-4-8;2-1(3)4/h7H,1-4H2,(H2,6,10);(H3,2,3,4). The number of hydrogen-bond donors (Lipinski definition) is 4. The van der Waals surface area contributed by atoms with Crippen molar-refractivity contribution in [2.75, 3.05) is 26.2 Å². The highest BCUT2D eigenvalue weighted by Crippen LogP contribution is 1.92. The van der Waals surface area contributed by atoms with Gasteiger partial charge in [0.15, 0.2) is 0 Å². The van der Waals surface area contributed by atoms with Crippen LogP contribution in [0.1, 0.15) is 0 Å². The predicted molar refractivity (Wildman–Crippen MR) is 60.9 cm³/mol. The molecule has 0 unspecified atom stereocenters. The van der Waals surface area contributed by atoms with E-state index in [4.69, 9.17) is 15.4 Å². The summed E-state index contributed by atoms with van der Waals surface area (Å²) in [6, 6.07) is 0. The first-order chi connectivity index (χ1) is 6.52. The molecule has 0 aromatic rings. The normalized spacial score (nSPS) is 16.4. The van der Waals surface area contributed by atoms with Crippen LogP contribution in [0, 0.1) is 0 Å². The molecule has 1 saturated heterocycles. The summed E-state index contributed by atoms with van der Waals surface area (Å²) in [5.74, 6) is 0. The molecule has 14 heavy (non-hydrogen) atoms. The minimum atomic E-state index is -0.639. The fourth-order valence-electron chi connectivity index (χ4n) is 0.863. The van der Waals surface area contributed by atoms with E-state index in [2.05, 4.69) is 35.9 Å². The number of hydroxylamine groups is 2. The largest absolute Gasteiger partial charge is 0.376 e. The Balaban J connectivity index is 0.000000364. The molecule has 0 spiro atoms. The maximum absolute atomic E-state index is 9.09. The maximum atomic E-state index is 9.09. The van der Waals surface area contributed by atoms with Gasteiger partial charge in [0.25, 0.3) is 10.4 Å². The first-order valence-electron chi connectivity index (χ1n) is 3.94. The van der Waals surface area contributed by atoms with Crippen LogP contribution in [0.3, 0.4) is 0 Å². The van der Waals surface area contributed by atoms with Gasteiger partial charge in [-0.1, -0.05) is 12.6 Å². The highest BCUT2D eigenvalue weighted by atomic mass is 32.1. The molecule has 1 amide bonds. The van der Waals surface area contributed by atoms with E-state index in [0.29, 0.717) is 0 Å². The van der Waals surface area contributed by atoms with Crippen LogP contribution in [0.2, 0.25) is 0 Å². The molecule has 0 saturated carbocycles. The first-order valence-corrected chi connectivity index (χ1v) is 4.79. The number of carbonyl (C=O) groups excluding carboxylic acids is 1. The molecule has 1 aliphatic heterocycles. The zero-order valence-electron chi connectivity index (χ0n) is 7.60. The van der Waals surface area contributed by atoms with E-state index in [1.807, 2.05) is 0 Å². The van der Waals surface area contributed by atoms with Gasteiger partial charge in [-0.2, -0.15) is 0 Å². The number of piperazine rings is 1. The van der Waals surface area contributed by atoms with E-state index in [1.54, 1.807) is 5.06 Å². The number of nitrogens with two attached hydrogens (primary N) is 2. The number of carbonyl (C=O) groups is 1. The van der Waals surface area contributed by atoms with Crippen molar-refractivity contribution in [3.05, 3.63) is 0 Å². The number of nitrogens with one attached hydrogen (secondary N) is 1. The first kappa shape index (κ1) is 13.4. The smallest absolute Gasteiger partial charge is 0.276 e. The van der Waals surface area contributed by atoms with Crippen LogP contribution in [0.4, 0.5) is 4.79 Å². The Morgan fingerprint density at radius 2 is 1.86 bits per heavy atom. The van der Waals surface area contributed by atoms with Crippen molar-refractivity contribution in [3.8, 4) is 0 Å². The second-order valence-corrected chi connectivity index (χ2v) is 3.27. The van der Waals surface area contributed by atoms with Gasteiger partial charge in [-0.3, -0.25) is 4.79 Å². The van der Waals surface area contributed by atoms with Crippen molar-refractivity contribution in [2.24, 2.45) is 11.5 Å². The number of rotatable bonds is 1. The molecule has 1 fully saturated rings. The Labute approximate surface area is 93.3 Å². The summed E-state index contributed by atoms with van der Waals surface area (Å²) in [6.07, 6.45) is 0. The Bertz CT molecular complexity index is 192. The van der Waals surface area contributed by atoms with Crippen molar-refractivity contribution >= 4 is 35.3 Å². The summed E-state index contributed by atoms with van der Waals surface area (Å²) in [5.41, 5.74) is 9.51. The summed E-state index contributed by atoms with van der Waals surface area (Å²) in [5, 5.41) is 4.41. The van der Waals surface area contributed by atoms with Crippen molar-refractivity contribution in [1.29, 1.82) is 0 Å². The predicted octanol–water partition coefficient (Wildman–Crippen LogP) is -0.938. The van der Waals surface area contributed by atoms with E-state index in [1.165, 1.54) is 0 Å². The lowest BCUT2D eigenvalue weighted by molar-refractivity contribution is -0.0787. The molecular weight excluding hydrogens is 224 g/mol. The quantitative estimate of drug-likeness (QED) is 0.348. The Morgan fingerprint density at radius 1 is 1.43 bits per heavy atom. The maximum Gasteiger partial charge on any atom is 0.276 e. The lowest BCUT2D eigenvalue weighted by Crippen LogP contribution is -2.45. The van der Waals surface area contributed by atoms with Crippen molar-refractivity contribution in [3.63, 3.8) is 0 Å². The SMILES string of the molecule is NC(=O)S.NC(=S)ON1CCNCC1. The van der Waals surface area contributed by atoms with Crippen LogP contribution in [-0.4, -0.2) is 41.7 Å². The van der Waals surface area contributed by atoms with Gasteiger partial charge >= 0.3 is 0 Å². The van der Waals surface area contributed by atoms with Gasteiger partial charge in [-0.15, -0.1) is 5.06 Å². The molecular formula is C6H14N4O2S2. The van der Waals surface area contributed by atoms with Crippen molar-refractivity contribution < 1.29 is 9.63 Å². The van der Waals surface area contributed by atoms with E-state index >= 15 is 0 Å². The molecule has 1 heterocycles. The molecule has 6 nitrogen and oxygen atoms in total. The third-order valence-electron chi connectivity index (χ3n) is 1.30. The van der Waals surface area contributed by atoms with Gasteiger partial charge < -0.3 is 21.6 Å². The summed E-state index contributed by atoms with van der Waals surface area (Å²) in [4.78, 5) is 14.1. The molecule has 0 aliphatic carbocycles. The van der Waals surface area contributed by atoms with Gasteiger partial charge in [-0.05, 0) is 12.2 Å². The van der Waals surface area contributed by atoms with E-state index in [9.17, 15) is 0 Å². The minimum absolute atomic E-state index is 0.0990. The molecule has 1 aliphatic rings. The zero-order valence-corrected chi connectivity index (χ0v) is 9.31. The minimum Gasteiger partial charge on any atom is -0.376 e. The number of nitrogens with zero attached hydrogens (tertiary/aromatic N) is 1. The fourth-order valence-corrected chi connectivity index (χ4v) is 0.968. The van der Waals surface area contributed by atoms with Gasteiger partial charge in [0.1, 0.15) is 0 Å². The molecule has 82 valence electrons. The topological polar surface area (TPSA) is 93.6 Å². The number of primary amides is 1. The van der Waals surface area contributed by atoms with E-state index < -0.39 is 5.24 Å². The molecule has 0 radical (unpaired) electrons. The molecule has 0 aromatic carbocycles. The van der Waals surface area contributed by atoms with Crippen LogP contribution < -0.4 is 16.8 Å². The van der Waals surface area contributed by atoms with E-state index in [-0.39, 0.29) is 5.17 Å². The second kappa shape index (κ2) is 7.80. The highest BCUT2D eigenvalue weighted by Gasteiger charge is 2.10. The van der Waals surface area contributed by atoms with Crippen LogP contribution in [0.15, 0.2) is 0 Å². The summed E-state index contributed by atoms with van der Waals surface area (Å²) >= 11 is 7.67. The van der Waals surface area contributed by atoms with Gasteiger partial charge in [-0.25, -0.2) is 0 Å². The molecule has 0 atom stereocenters. The third-order valence-corrected chi connectivity index (χ3v) is 1.37.